The molecule has 0 aliphatic carbocycles. The molecule has 0 spiro atoms. The van der Waals surface area contributed by atoms with Crippen LogP contribution in [0.2, 0.25) is 0 Å². The number of rotatable bonds is 3. The van der Waals surface area contributed by atoms with Gasteiger partial charge in [0.25, 0.3) is 0 Å². The standard InChI is InChI=1S/C12H18N2O2/c1-9(16)12-3-2-11(6-13-12)14-5-4-10(7-14)8-15/h2-3,6,9-10,15-16H,4-5,7-8H2,1H3. The minimum atomic E-state index is -0.516. The van der Waals surface area contributed by atoms with E-state index in [9.17, 15) is 5.11 Å². The van der Waals surface area contributed by atoms with Crippen LogP contribution in [0.1, 0.15) is 25.1 Å². The zero-order chi connectivity index (χ0) is 11.5. The van der Waals surface area contributed by atoms with Crippen molar-refractivity contribution in [2.45, 2.75) is 19.4 Å². The number of aromatic nitrogens is 1. The van der Waals surface area contributed by atoms with E-state index in [4.69, 9.17) is 5.11 Å². The molecule has 2 N–H and O–H groups in total. The summed E-state index contributed by atoms with van der Waals surface area (Å²) in [5.74, 6) is 0.386. The highest BCUT2D eigenvalue weighted by Gasteiger charge is 2.22. The van der Waals surface area contributed by atoms with Crippen molar-refractivity contribution in [1.29, 1.82) is 0 Å². The highest BCUT2D eigenvalue weighted by atomic mass is 16.3. The summed E-state index contributed by atoms with van der Waals surface area (Å²) in [6, 6.07) is 3.83. The molecule has 0 aromatic carbocycles. The first kappa shape index (κ1) is 11.4. The molecular weight excluding hydrogens is 204 g/mol. The molecule has 16 heavy (non-hydrogen) atoms. The van der Waals surface area contributed by atoms with E-state index in [0.717, 1.165) is 25.2 Å². The molecule has 0 radical (unpaired) electrons. The summed E-state index contributed by atoms with van der Waals surface area (Å²) >= 11 is 0. The van der Waals surface area contributed by atoms with Gasteiger partial charge in [-0.25, -0.2) is 0 Å². The topological polar surface area (TPSA) is 56.6 Å². The molecule has 1 aromatic heterocycles. The Morgan fingerprint density at radius 2 is 2.38 bits per heavy atom. The SMILES string of the molecule is CC(O)c1ccc(N2CCC(CO)C2)cn1. The van der Waals surface area contributed by atoms with E-state index in [2.05, 4.69) is 9.88 Å². The lowest BCUT2D eigenvalue weighted by Crippen LogP contribution is -2.20. The van der Waals surface area contributed by atoms with Crippen molar-refractivity contribution in [2.75, 3.05) is 24.6 Å². The van der Waals surface area contributed by atoms with Crippen LogP contribution in [0.25, 0.3) is 0 Å². The number of aliphatic hydroxyl groups is 2. The Bertz CT molecular complexity index is 337. The average molecular weight is 222 g/mol. The minimum absolute atomic E-state index is 0.260. The molecule has 1 saturated heterocycles. The summed E-state index contributed by atoms with van der Waals surface area (Å²) in [5.41, 5.74) is 1.77. The van der Waals surface area contributed by atoms with Crippen molar-refractivity contribution in [1.82, 2.24) is 4.98 Å². The van der Waals surface area contributed by atoms with E-state index < -0.39 is 6.10 Å². The first-order chi connectivity index (χ1) is 7.70. The van der Waals surface area contributed by atoms with Crippen molar-refractivity contribution in [3.8, 4) is 0 Å². The van der Waals surface area contributed by atoms with Gasteiger partial charge in [0, 0.05) is 25.6 Å². The van der Waals surface area contributed by atoms with Crippen LogP contribution in [-0.4, -0.2) is 34.9 Å². The zero-order valence-electron chi connectivity index (χ0n) is 9.50. The smallest absolute Gasteiger partial charge is 0.0931 e. The fraction of sp³-hybridized carbons (Fsp3) is 0.583. The average Bonchev–Trinajstić information content (AvgIpc) is 2.77. The minimum Gasteiger partial charge on any atom is -0.396 e. The Labute approximate surface area is 95.5 Å². The van der Waals surface area contributed by atoms with Gasteiger partial charge in [0.1, 0.15) is 0 Å². The van der Waals surface area contributed by atoms with Crippen LogP contribution >= 0.6 is 0 Å². The second-order valence-electron chi connectivity index (χ2n) is 4.40. The fourth-order valence-electron chi connectivity index (χ4n) is 2.05. The van der Waals surface area contributed by atoms with E-state index in [1.165, 1.54) is 0 Å². The third-order valence-electron chi connectivity index (χ3n) is 3.11. The maximum atomic E-state index is 9.35. The molecule has 2 unspecified atom stereocenters. The predicted molar refractivity (Wildman–Crippen MR) is 62.3 cm³/mol. The van der Waals surface area contributed by atoms with Gasteiger partial charge in [-0.3, -0.25) is 4.98 Å². The van der Waals surface area contributed by atoms with Gasteiger partial charge in [-0.2, -0.15) is 0 Å². The van der Waals surface area contributed by atoms with Crippen LogP contribution < -0.4 is 4.90 Å². The number of hydrogen-bond donors (Lipinski definition) is 2. The molecule has 4 heteroatoms. The Kier molecular flexibility index (Phi) is 3.41. The molecule has 2 atom stereocenters. The first-order valence-electron chi connectivity index (χ1n) is 5.70. The molecule has 88 valence electrons. The van der Waals surface area contributed by atoms with E-state index in [1.807, 2.05) is 12.1 Å². The summed E-state index contributed by atoms with van der Waals surface area (Å²) in [6.07, 6.45) is 2.31. The van der Waals surface area contributed by atoms with Crippen LogP contribution in [0.4, 0.5) is 5.69 Å². The van der Waals surface area contributed by atoms with Crippen molar-refractivity contribution < 1.29 is 10.2 Å². The van der Waals surface area contributed by atoms with E-state index >= 15 is 0 Å². The normalized spacial score (nSPS) is 22.4. The molecular formula is C12H18N2O2. The molecule has 1 aromatic rings. The quantitative estimate of drug-likeness (QED) is 0.799. The third kappa shape index (κ3) is 2.33. The van der Waals surface area contributed by atoms with Gasteiger partial charge in [0.15, 0.2) is 0 Å². The van der Waals surface area contributed by atoms with Gasteiger partial charge >= 0.3 is 0 Å². The van der Waals surface area contributed by atoms with Gasteiger partial charge in [-0.05, 0) is 25.5 Å². The number of anilines is 1. The largest absolute Gasteiger partial charge is 0.396 e. The summed E-state index contributed by atoms with van der Waals surface area (Å²) < 4.78 is 0. The summed E-state index contributed by atoms with van der Waals surface area (Å²) in [7, 11) is 0. The van der Waals surface area contributed by atoms with Crippen LogP contribution in [0.5, 0.6) is 0 Å². The maximum Gasteiger partial charge on any atom is 0.0931 e. The second kappa shape index (κ2) is 4.80. The highest BCUT2D eigenvalue weighted by Crippen LogP contribution is 2.23. The summed E-state index contributed by atoms with van der Waals surface area (Å²) in [5, 5.41) is 18.4. The van der Waals surface area contributed by atoms with Crippen LogP contribution in [0.15, 0.2) is 18.3 Å². The maximum absolute atomic E-state index is 9.35. The lowest BCUT2D eigenvalue weighted by molar-refractivity contribution is 0.194. The number of hydrogen-bond acceptors (Lipinski definition) is 4. The molecule has 1 aliphatic rings. The van der Waals surface area contributed by atoms with Crippen molar-refractivity contribution in [3.05, 3.63) is 24.0 Å². The van der Waals surface area contributed by atoms with Crippen LogP contribution in [0, 0.1) is 5.92 Å². The Balaban J connectivity index is 2.05. The molecule has 1 aliphatic heterocycles. The summed E-state index contributed by atoms with van der Waals surface area (Å²) in [6.45, 7) is 3.84. The number of aliphatic hydroxyl groups excluding tert-OH is 2. The van der Waals surface area contributed by atoms with Crippen molar-refractivity contribution >= 4 is 5.69 Å². The van der Waals surface area contributed by atoms with Gasteiger partial charge in [-0.1, -0.05) is 0 Å². The Morgan fingerprint density at radius 3 is 2.88 bits per heavy atom. The molecule has 2 rings (SSSR count). The fourth-order valence-corrected chi connectivity index (χ4v) is 2.05. The van der Waals surface area contributed by atoms with Crippen LogP contribution in [-0.2, 0) is 0 Å². The molecule has 0 saturated carbocycles. The molecule has 4 nitrogen and oxygen atoms in total. The van der Waals surface area contributed by atoms with E-state index in [-0.39, 0.29) is 6.61 Å². The number of nitrogens with zero attached hydrogens (tertiary/aromatic N) is 2. The molecule has 0 amide bonds. The predicted octanol–water partition coefficient (Wildman–Crippen LogP) is 0.954. The van der Waals surface area contributed by atoms with Crippen molar-refractivity contribution in [2.24, 2.45) is 5.92 Å². The monoisotopic (exact) mass is 222 g/mol. The third-order valence-corrected chi connectivity index (χ3v) is 3.11. The number of pyridine rings is 1. The second-order valence-corrected chi connectivity index (χ2v) is 4.40. The van der Waals surface area contributed by atoms with Gasteiger partial charge < -0.3 is 15.1 Å². The van der Waals surface area contributed by atoms with E-state index in [0.29, 0.717) is 11.6 Å². The highest BCUT2D eigenvalue weighted by molar-refractivity contribution is 5.45. The zero-order valence-corrected chi connectivity index (χ0v) is 9.50. The van der Waals surface area contributed by atoms with Gasteiger partial charge in [0.2, 0.25) is 0 Å². The van der Waals surface area contributed by atoms with Crippen LogP contribution in [0.3, 0.4) is 0 Å². The van der Waals surface area contributed by atoms with E-state index in [1.54, 1.807) is 13.1 Å². The Morgan fingerprint density at radius 1 is 1.56 bits per heavy atom. The first-order valence-corrected chi connectivity index (χ1v) is 5.70. The lowest BCUT2D eigenvalue weighted by Gasteiger charge is -2.18. The van der Waals surface area contributed by atoms with Crippen molar-refractivity contribution in [3.63, 3.8) is 0 Å². The lowest BCUT2D eigenvalue weighted by atomic mass is 10.1. The molecule has 2 heterocycles. The summed E-state index contributed by atoms with van der Waals surface area (Å²) in [4.78, 5) is 6.44. The Hall–Kier alpha value is -1.13. The van der Waals surface area contributed by atoms with Gasteiger partial charge in [-0.15, -0.1) is 0 Å². The van der Waals surface area contributed by atoms with Gasteiger partial charge in [0.05, 0.1) is 23.7 Å². The molecule has 0 bridgehead atoms. The molecule has 1 fully saturated rings.